The number of piperidine rings is 1. The van der Waals surface area contributed by atoms with Gasteiger partial charge in [0.05, 0.1) is 0 Å². The van der Waals surface area contributed by atoms with Crippen molar-refractivity contribution in [2.24, 2.45) is 5.92 Å². The largest absolute Gasteiger partial charge is 0.344 e. The summed E-state index contributed by atoms with van der Waals surface area (Å²) in [7, 11) is 3.84. The molecular weight excluding hydrogens is 204 g/mol. The zero-order valence-corrected chi connectivity index (χ0v) is 10.1. The molecule has 5 heteroatoms. The molecule has 16 heavy (non-hydrogen) atoms. The topological polar surface area (TPSA) is 54.2 Å². The lowest BCUT2D eigenvalue weighted by molar-refractivity contribution is 0.324. The standard InChI is InChI=1S/C11H20N4O/c1-15(2)11-13-10(16-14-11)4-3-9-5-7-12-8-6-9/h9,12H,3-8H2,1-2H3. The van der Waals surface area contributed by atoms with E-state index in [1.54, 1.807) is 0 Å². The molecule has 1 saturated heterocycles. The lowest BCUT2D eigenvalue weighted by Gasteiger charge is -2.21. The Bertz CT molecular complexity index is 318. The van der Waals surface area contributed by atoms with Crippen molar-refractivity contribution in [1.82, 2.24) is 15.5 Å². The first kappa shape index (κ1) is 11.4. The van der Waals surface area contributed by atoms with Crippen LogP contribution in [0.1, 0.15) is 25.2 Å². The second-order valence-electron chi connectivity index (χ2n) is 4.61. The van der Waals surface area contributed by atoms with Crippen LogP contribution in [0.3, 0.4) is 0 Å². The molecule has 5 nitrogen and oxygen atoms in total. The van der Waals surface area contributed by atoms with Crippen molar-refractivity contribution in [3.05, 3.63) is 5.89 Å². The fourth-order valence-corrected chi connectivity index (χ4v) is 2.03. The Balaban J connectivity index is 1.79. The van der Waals surface area contributed by atoms with Gasteiger partial charge < -0.3 is 14.7 Å². The van der Waals surface area contributed by atoms with Gasteiger partial charge in [-0.05, 0) is 43.4 Å². The minimum atomic E-state index is 0.667. The van der Waals surface area contributed by atoms with Crippen LogP contribution in [0.25, 0.3) is 0 Å². The van der Waals surface area contributed by atoms with Crippen molar-refractivity contribution in [2.75, 3.05) is 32.1 Å². The molecule has 1 aromatic heterocycles. The van der Waals surface area contributed by atoms with E-state index in [1.165, 1.54) is 12.8 Å². The van der Waals surface area contributed by atoms with Gasteiger partial charge in [-0.3, -0.25) is 0 Å². The zero-order valence-electron chi connectivity index (χ0n) is 10.1. The van der Waals surface area contributed by atoms with E-state index in [4.69, 9.17) is 4.52 Å². The minimum absolute atomic E-state index is 0.667. The summed E-state index contributed by atoms with van der Waals surface area (Å²) in [6.07, 6.45) is 4.62. The Labute approximate surface area is 96.2 Å². The second-order valence-corrected chi connectivity index (χ2v) is 4.61. The molecule has 0 radical (unpaired) electrons. The maximum atomic E-state index is 5.20. The maximum Gasteiger partial charge on any atom is 0.265 e. The molecular formula is C11H20N4O. The first-order valence-electron chi connectivity index (χ1n) is 5.96. The molecule has 0 unspecified atom stereocenters. The summed E-state index contributed by atoms with van der Waals surface area (Å²) in [5, 5.41) is 7.28. The first-order chi connectivity index (χ1) is 7.75. The number of rotatable bonds is 4. The number of nitrogens with zero attached hydrogens (tertiary/aromatic N) is 3. The van der Waals surface area contributed by atoms with Crippen LogP contribution in [0, 0.1) is 5.92 Å². The molecule has 0 atom stereocenters. The number of hydrogen-bond acceptors (Lipinski definition) is 5. The highest BCUT2D eigenvalue weighted by atomic mass is 16.5. The predicted molar refractivity (Wildman–Crippen MR) is 62.5 cm³/mol. The second kappa shape index (κ2) is 5.30. The van der Waals surface area contributed by atoms with Gasteiger partial charge >= 0.3 is 0 Å². The number of hydrogen-bond donors (Lipinski definition) is 1. The summed E-state index contributed by atoms with van der Waals surface area (Å²) in [6, 6.07) is 0. The van der Waals surface area contributed by atoms with E-state index < -0.39 is 0 Å². The van der Waals surface area contributed by atoms with Gasteiger partial charge in [0.2, 0.25) is 5.89 Å². The van der Waals surface area contributed by atoms with Crippen LogP contribution in [-0.2, 0) is 6.42 Å². The zero-order chi connectivity index (χ0) is 11.4. The Kier molecular flexibility index (Phi) is 3.77. The summed E-state index contributed by atoms with van der Waals surface area (Å²) in [5.74, 6) is 2.25. The van der Waals surface area contributed by atoms with Crippen molar-refractivity contribution in [1.29, 1.82) is 0 Å². The molecule has 2 rings (SSSR count). The van der Waals surface area contributed by atoms with Crippen LogP contribution in [0.2, 0.25) is 0 Å². The van der Waals surface area contributed by atoms with E-state index in [9.17, 15) is 0 Å². The van der Waals surface area contributed by atoms with E-state index in [1.807, 2.05) is 19.0 Å². The van der Waals surface area contributed by atoms with Crippen molar-refractivity contribution in [3.8, 4) is 0 Å². The molecule has 1 aliphatic heterocycles. The van der Waals surface area contributed by atoms with E-state index in [2.05, 4.69) is 15.5 Å². The Hall–Kier alpha value is -1.10. The molecule has 1 fully saturated rings. The van der Waals surface area contributed by atoms with Gasteiger partial charge in [0, 0.05) is 20.5 Å². The number of anilines is 1. The fraction of sp³-hybridized carbons (Fsp3) is 0.818. The average molecular weight is 224 g/mol. The van der Waals surface area contributed by atoms with Crippen molar-refractivity contribution in [3.63, 3.8) is 0 Å². The van der Waals surface area contributed by atoms with Crippen LogP contribution < -0.4 is 10.2 Å². The van der Waals surface area contributed by atoms with Crippen LogP contribution in [0.5, 0.6) is 0 Å². The average Bonchev–Trinajstić information content (AvgIpc) is 2.76. The van der Waals surface area contributed by atoms with Gasteiger partial charge in [0.1, 0.15) is 0 Å². The van der Waals surface area contributed by atoms with Crippen molar-refractivity contribution in [2.45, 2.75) is 25.7 Å². The highest BCUT2D eigenvalue weighted by Crippen LogP contribution is 2.18. The molecule has 90 valence electrons. The highest BCUT2D eigenvalue weighted by molar-refractivity contribution is 5.23. The normalized spacial score (nSPS) is 17.6. The summed E-state index contributed by atoms with van der Waals surface area (Å²) in [4.78, 5) is 6.19. The summed E-state index contributed by atoms with van der Waals surface area (Å²) < 4.78 is 5.20. The van der Waals surface area contributed by atoms with E-state index in [-0.39, 0.29) is 0 Å². The van der Waals surface area contributed by atoms with Crippen LogP contribution in [-0.4, -0.2) is 37.3 Å². The van der Waals surface area contributed by atoms with Crippen molar-refractivity contribution >= 4 is 5.95 Å². The molecule has 0 bridgehead atoms. The third-order valence-corrected chi connectivity index (χ3v) is 3.08. The summed E-state index contributed by atoms with van der Waals surface area (Å²) in [6.45, 7) is 2.30. The maximum absolute atomic E-state index is 5.20. The Morgan fingerprint density at radius 1 is 1.38 bits per heavy atom. The van der Waals surface area contributed by atoms with E-state index in [0.29, 0.717) is 5.95 Å². The van der Waals surface area contributed by atoms with Gasteiger partial charge in [-0.1, -0.05) is 0 Å². The molecule has 0 spiro atoms. The number of aryl methyl sites for hydroxylation is 1. The van der Waals surface area contributed by atoms with Gasteiger partial charge in [0.15, 0.2) is 0 Å². The molecule has 0 saturated carbocycles. The Morgan fingerprint density at radius 3 is 2.75 bits per heavy atom. The predicted octanol–water partition coefficient (Wildman–Crippen LogP) is 1.07. The SMILES string of the molecule is CN(C)c1noc(CCC2CCNCC2)n1. The van der Waals surface area contributed by atoms with Gasteiger partial charge in [-0.15, -0.1) is 0 Å². The minimum Gasteiger partial charge on any atom is -0.344 e. The molecule has 1 N–H and O–H groups in total. The lowest BCUT2D eigenvalue weighted by atomic mass is 9.93. The highest BCUT2D eigenvalue weighted by Gasteiger charge is 2.15. The monoisotopic (exact) mass is 224 g/mol. The molecule has 1 aromatic rings. The fourth-order valence-electron chi connectivity index (χ4n) is 2.03. The van der Waals surface area contributed by atoms with Gasteiger partial charge in [0.25, 0.3) is 5.95 Å². The van der Waals surface area contributed by atoms with Crippen LogP contribution >= 0.6 is 0 Å². The van der Waals surface area contributed by atoms with Crippen molar-refractivity contribution < 1.29 is 4.52 Å². The van der Waals surface area contributed by atoms with Crippen LogP contribution in [0.15, 0.2) is 4.52 Å². The molecule has 0 aromatic carbocycles. The number of nitrogens with one attached hydrogen (secondary N) is 1. The summed E-state index contributed by atoms with van der Waals surface area (Å²) >= 11 is 0. The lowest BCUT2D eigenvalue weighted by Crippen LogP contribution is -2.27. The third-order valence-electron chi connectivity index (χ3n) is 3.08. The van der Waals surface area contributed by atoms with Crippen LogP contribution in [0.4, 0.5) is 5.95 Å². The smallest absolute Gasteiger partial charge is 0.265 e. The number of aromatic nitrogens is 2. The quantitative estimate of drug-likeness (QED) is 0.829. The summed E-state index contributed by atoms with van der Waals surface area (Å²) in [5.41, 5.74) is 0. The molecule has 1 aliphatic rings. The first-order valence-corrected chi connectivity index (χ1v) is 5.96. The Morgan fingerprint density at radius 2 is 2.12 bits per heavy atom. The van der Waals surface area contributed by atoms with E-state index in [0.717, 1.165) is 37.7 Å². The molecule has 0 amide bonds. The van der Waals surface area contributed by atoms with Gasteiger partial charge in [-0.2, -0.15) is 4.98 Å². The molecule has 0 aliphatic carbocycles. The van der Waals surface area contributed by atoms with E-state index >= 15 is 0 Å². The third kappa shape index (κ3) is 2.95. The molecule has 2 heterocycles. The van der Waals surface area contributed by atoms with Gasteiger partial charge in [-0.25, -0.2) is 0 Å².